The molecule has 0 atom stereocenters. The van der Waals surface area contributed by atoms with Crippen molar-refractivity contribution in [2.24, 2.45) is 0 Å². The van der Waals surface area contributed by atoms with Gasteiger partial charge in [-0.15, -0.1) is 0 Å². The summed E-state index contributed by atoms with van der Waals surface area (Å²) in [6.45, 7) is 2.88. The molecule has 2 aromatic rings. The number of hydrogen-bond donors (Lipinski definition) is 1. The van der Waals surface area contributed by atoms with Crippen LogP contribution in [0.4, 0.5) is 5.95 Å². The summed E-state index contributed by atoms with van der Waals surface area (Å²) in [4.78, 5) is 8.33. The molecule has 1 aromatic carbocycles. The second-order valence-corrected chi connectivity index (χ2v) is 4.67. The highest BCUT2D eigenvalue weighted by molar-refractivity contribution is 6.35. The average molecular weight is 298 g/mol. The fourth-order valence-corrected chi connectivity index (χ4v) is 1.84. The largest absolute Gasteiger partial charge is 0.437 e. The predicted molar refractivity (Wildman–Crippen MR) is 77.3 cm³/mol. The van der Waals surface area contributed by atoms with E-state index in [1.54, 1.807) is 30.5 Å². The van der Waals surface area contributed by atoms with Crippen molar-refractivity contribution in [3.8, 4) is 11.6 Å². The van der Waals surface area contributed by atoms with Crippen LogP contribution in [0.15, 0.2) is 30.5 Å². The molecule has 19 heavy (non-hydrogen) atoms. The average Bonchev–Trinajstić information content (AvgIpc) is 2.40. The molecule has 4 nitrogen and oxygen atoms in total. The molecule has 0 radical (unpaired) electrons. The third-order valence-corrected chi connectivity index (χ3v) is 2.80. The fraction of sp³-hybridized carbons (Fsp3) is 0.231. The lowest BCUT2D eigenvalue weighted by Gasteiger charge is -2.08. The van der Waals surface area contributed by atoms with Crippen LogP contribution in [0.25, 0.3) is 0 Å². The van der Waals surface area contributed by atoms with Crippen molar-refractivity contribution in [2.45, 2.75) is 13.3 Å². The summed E-state index contributed by atoms with van der Waals surface area (Å²) < 4.78 is 5.60. The van der Waals surface area contributed by atoms with Gasteiger partial charge >= 0.3 is 0 Å². The van der Waals surface area contributed by atoms with Gasteiger partial charge in [0.15, 0.2) is 0 Å². The summed E-state index contributed by atoms with van der Waals surface area (Å²) in [7, 11) is 0. The van der Waals surface area contributed by atoms with Gasteiger partial charge in [0.2, 0.25) is 11.8 Å². The van der Waals surface area contributed by atoms with Crippen molar-refractivity contribution in [3.63, 3.8) is 0 Å². The molecule has 0 saturated carbocycles. The van der Waals surface area contributed by atoms with E-state index in [2.05, 4.69) is 22.2 Å². The molecule has 1 heterocycles. The van der Waals surface area contributed by atoms with Crippen molar-refractivity contribution in [1.29, 1.82) is 0 Å². The number of halogens is 2. The first-order valence-electron chi connectivity index (χ1n) is 5.89. The molecule has 0 bridgehead atoms. The van der Waals surface area contributed by atoms with Crippen LogP contribution < -0.4 is 10.1 Å². The summed E-state index contributed by atoms with van der Waals surface area (Å²) in [5.74, 6) is 1.47. The smallest absolute Gasteiger partial charge is 0.225 e. The summed E-state index contributed by atoms with van der Waals surface area (Å²) in [6.07, 6.45) is 2.63. The van der Waals surface area contributed by atoms with Crippen molar-refractivity contribution < 1.29 is 4.74 Å². The highest BCUT2D eigenvalue weighted by Gasteiger charge is 2.06. The molecule has 1 N–H and O–H groups in total. The monoisotopic (exact) mass is 297 g/mol. The maximum Gasteiger partial charge on any atom is 0.225 e. The standard InChI is InChI=1S/C13H13Cl2N3O/c1-2-6-16-13-17-7-5-12(18-13)19-11-4-3-9(14)8-10(11)15/h3-5,7-8H,2,6H2,1H3,(H,16,17,18). The molecule has 2 rings (SSSR count). The van der Waals surface area contributed by atoms with Gasteiger partial charge in [-0.25, -0.2) is 4.98 Å². The number of nitrogens with zero attached hydrogens (tertiary/aromatic N) is 2. The van der Waals surface area contributed by atoms with Gasteiger partial charge in [-0.3, -0.25) is 0 Å². The Morgan fingerprint density at radius 2 is 2.11 bits per heavy atom. The van der Waals surface area contributed by atoms with Gasteiger partial charge in [0.05, 0.1) is 5.02 Å². The number of ether oxygens (including phenoxy) is 1. The summed E-state index contributed by atoms with van der Waals surface area (Å²) in [5, 5.41) is 4.09. The quantitative estimate of drug-likeness (QED) is 0.889. The first kappa shape index (κ1) is 13.9. The molecule has 0 saturated heterocycles. The third kappa shape index (κ3) is 3.98. The summed E-state index contributed by atoms with van der Waals surface area (Å²) in [5.41, 5.74) is 0. The Hall–Kier alpha value is -1.52. The van der Waals surface area contributed by atoms with E-state index in [-0.39, 0.29) is 0 Å². The van der Waals surface area contributed by atoms with Gasteiger partial charge in [0.25, 0.3) is 0 Å². The number of aromatic nitrogens is 2. The predicted octanol–water partition coefficient (Wildman–Crippen LogP) is 4.40. The fourth-order valence-electron chi connectivity index (χ4n) is 1.39. The van der Waals surface area contributed by atoms with Gasteiger partial charge < -0.3 is 10.1 Å². The molecule has 0 aliphatic rings. The van der Waals surface area contributed by atoms with E-state index in [1.807, 2.05) is 0 Å². The molecule has 0 unspecified atom stereocenters. The molecule has 6 heteroatoms. The second kappa shape index (κ2) is 6.59. The highest BCUT2D eigenvalue weighted by Crippen LogP contribution is 2.30. The van der Waals surface area contributed by atoms with Crippen LogP contribution in [0.3, 0.4) is 0 Å². The van der Waals surface area contributed by atoms with Crippen LogP contribution in [0.1, 0.15) is 13.3 Å². The van der Waals surface area contributed by atoms with Gasteiger partial charge in [-0.1, -0.05) is 30.1 Å². The van der Waals surface area contributed by atoms with Gasteiger partial charge in [-0.2, -0.15) is 4.98 Å². The van der Waals surface area contributed by atoms with Gasteiger partial charge in [0, 0.05) is 23.8 Å². The molecular weight excluding hydrogens is 285 g/mol. The lowest BCUT2D eigenvalue weighted by molar-refractivity contribution is 0.462. The summed E-state index contributed by atoms with van der Waals surface area (Å²) >= 11 is 11.9. The minimum Gasteiger partial charge on any atom is -0.437 e. The highest BCUT2D eigenvalue weighted by atomic mass is 35.5. The molecular formula is C13H13Cl2N3O. The maximum atomic E-state index is 6.03. The zero-order valence-electron chi connectivity index (χ0n) is 10.4. The van der Waals surface area contributed by atoms with Crippen molar-refractivity contribution in [3.05, 3.63) is 40.5 Å². The molecule has 100 valence electrons. The molecule has 1 aromatic heterocycles. The molecule has 0 fully saturated rings. The van der Waals surface area contributed by atoms with Crippen molar-refractivity contribution >= 4 is 29.2 Å². The number of hydrogen-bond acceptors (Lipinski definition) is 4. The van der Waals surface area contributed by atoms with Crippen LogP contribution in [-0.4, -0.2) is 16.5 Å². The van der Waals surface area contributed by atoms with Crippen LogP contribution in [0.2, 0.25) is 10.0 Å². The van der Waals surface area contributed by atoms with E-state index >= 15 is 0 Å². The number of nitrogens with one attached hydrogen (secondary N) is 1. The van der Waals surface area contributed by atoms with Crippen LogP contribution in [-0.2, 0) is 0 Å². The first-order chi connectivity index (χ1) is 9.19. The second-order valence-electron chi connectivity index (χ2n) is 3.82. The molecule has 0 aliphatic carbocycles. The van der Waals surface area contributed by atoms with Gasteiger partial charge in [0.1, 0.15) is 5.75 Å². The first-order valence-corrected chi connectivity index (χ1v) is 6.64. The number of rotatable bonds is 5. The Morgan fingerprint density at radius 1 is 1.26 bits per heavy atom. The Morgan fingerprint density at radius 3 is 2.84 bits per heavy atom. The summed E-state index contributed by atoms with van der Waals surface area (Å²) in [6, 6.07) is 6.70. The molecule has 0 aliphatic heterocycles. The zero-order valence-corrected chi connectivity index (χ0v) is 11.9. The Labute approximate surface area is 121 Å². The lowest BCUT2D eigenvalue weighted by Crippen LogP contribution is -2.04. The van der Waals surface area contributed by atoms with Crippen molar-refractivity contribution in [2.75, 3.05) is 11.9 Å². The van der Waals surface area contributed by atoms with E-state index in [9.17, 15) is 0 Å². The lowest BCUT2D eigenvalue weighted by atomic mass is 10.3. The Bertz CT molecular complexity index is 563. The molecule has 0 spiro atoms. The zero-order chi connectivity index (χ0) is 13.7. The van der Waals surface area contributed by atoms with E-state index in [1.165, 1.54) is 0 Å². The molecule has 0 amide bonds. The normalized spacial score (nSPS) is 10.3. The van der Waals surface area contributed by atoms with Crippen LogP contribution >= 0.6 is 23.2 Å². The van der Waals surface area contributed by atoms with Crippen molar-refractivity contribution in [1.82, 2.24) is 9.97 Å². The third-order valence-electron chi connectivity index (χ3n) is 2.27. The Balaban J connectivity index is 2.14. The van der Waals surface area contributed by atoms with E-state index < -0.39 is 0 Å². The maximum absolute atomic E-state index is 6.03. The van der Waals surface area contributed by atoms with E-state index in [0.717, 1.165) is 13.0 Å². The minimum atomic E-state index is 0.429. The minimum absolute atomic E-state index is 0.429. The number of benzene rings is 1. The van der Waals surface area contributed by atoms with Crippen LogP contribution in [0, 0.1) is 0 Å². The van der Waals surface area contributed by atoms with E-state index in [0.29, 0.717) is 27.6 Å². The number of anilines is 1. The SMILES string of the molecule is CCCNc1nccc(Oc2ccc(Cl)cc2Cl)n1. The topological polar surface area (TPSA) is 47.0 Å². The van der Waals surface area contributed by atoms with E-state index in [4.69, 9.17) is 27.9 Å². The van der Waals surface area contributed by atoms with Gasteiger partial charge in [-0.05, 0) is 24.6 Å². The van der Waals surface area contributed by atoms with Crippen LogP contribution in [0.5, 0.6) is 11.6 Å². The Kier molecular flexibility index (Phi) is 4.82.